The number of carbonyl (C=O) groups excluding carboxylic acids is 2. The van der Waals surface area contributed by atoms with Crippen molar-refractivity contribution in [3.05, 3.63) is 81.2 Å². The number of ether oxygens (including phenoxy) is 1. The van der Waals surface area contributed by atoms with E-state index in [1.165, 1.54) is 0 Å². The highest BCUT2D eigenvalue weighted by atomic mass is 79.9. The third-order valence-corrected chi connectivity index (χ3v) is 6.05. The van der Waals surface area contributed by atoms with Crippen molar-refractivity contribution < 1.29 is 14.3 Å². The largest absolute Gasteiger partial charge is 0.488 e. The Morgan fingerprint density at radius 3 is 2.73 bits per heavy atom. The lowest BCUT2D eigenvalue weighted by Crippen LogP contribution is -2.28. The Labute approximate surface area is 187 Å². The lowest BCUT2D eigenvalue weighted by atomic mass is 10.1. The van der Waals surface area contributed by atoms with Gasteiger partial charge in [-0.2, -0.15) is 0 Å². The number of nitrogens with zero attached hydrogens (tertiary/aromatic N) is 1. The van der Waals surface area contributed by atoms with E-state index in [2.05, 4.69) is 40.0 Å². The summed E-state index contributed by atoms with van der Waals surface area (Å²) >= 11 is 4.34. The molecule has 4 nitrogen and oxygen atoms in total. The van der Waals surface area contributed by atoms with Crippen LogP contribution in [0.1, 0.15) is 11.1 Å². The molecule has 0 aromatic heterocycles. The number of thioether (sulfide) groups is 1. The van der Waals surface area contributed by atoms with Gasteiger partial charge in [0.25, 0.3) is 11.1 Å². The minimum Gasteiger partial charge on any atom is -0.488 e. The Hall–Kier alpha value is -3.01. The molecule has 3 aromatic rings. The lowest BCUT2D eigenvalue weighted by molar-refractivity contribution is -0.122. The zero-order valence-electron chi connectivity index (χ0n) is 15.8. The van der Waals surface area contributed by atoms with Gasteiger partial charge in [-0.1, -0.05) is 64.3 Å². The quantitative estimate of drug-likeness (QED) is 0.341. The third kappa shape index (κ3) is 4.13. The molecule has 0 bridgehead atoms. The van der Waals surface area contributed by atoms with Crippen molar-refractivity contribution in [2.45, 2.75) is 6.61 Å². The van der Waals surface area contributed by atoms with Gasteiger partial charge in [-0.05, 0) is 52.4 Å². The molecule has 0 saturated carbocycles. The van der Waals surface area contributed by atoms with Crippen molar-refractivity contribution in [3.8, 4) is 18.1 Å². The van der Waals surface area contributed by atoms with Crippen LogP contribution in [0.5, 0.6) is 5.75 Å². The van der Waals surface area contributed by atoms with E-state index >= 15 is 0 Å². The minimum atomic E-state index is -0.386. The Balaban J connectivity index is 1.62. The van der Waals surface area contributed by atoms with Crippen LogP contribution in [0.15, 0.2) is 70.0 Å². The summed E-state index contributed by atoms with van der Waals surface area (Å²) in [6, 6.07) is 19.8. The number of hydrogen-bond donors (Lipinski definition) is 0. The van der Waals surface area contributed by atoms with Crippen LogP contribution < -0.4 is 4.74 Å². The molecule has 1 saturated heterocycles. The number of terminal acetylenes is 1. The van der Waals surface area contributed by atoms with Gasteiger partial charge < -0.3 is 4.74 Å². The number of benzene rings is 3. The van der Waals surface area contributed by atoms with Crippen molar-refractivity contribution in [3.63, 3.8) is 0 Å². The van der Waals surface area contributed by atoms with Gasteiger partial charge in [-0.25, -0.2) is 0 Å². The Bertz CT molecular complexity index is 1220. The summed E-state index contributed by atoms with van der Waals surface area (Å²) in [5.41, 5.74) is 1.77. The van der Waals surface area contributed by atoms with E-state index in [4.69, 9.17) is 11.2 Å². The second kappa shape index (κ2) is 8.78. The van der Waals surface area contributed by atoms with Gasteiger partial charge in [0.2, 0.25) is 0 Å². The van der Waals surface area contributed by atoms with Crippen molar-refractivity contribution in [1.82, 2.24) is 4.90 Å². The number of fused-ring (bicyclic) bond motifs is 1. The van der Waals surface area contributed by atoms with Crippen LogP contribution in [0.3, 0.4) is 0 Å². The van der Waals surface area contributed by atoms with E-state index in [9.17, 15) is 9.59 Å². The molecule has 1 heterocycles. The fraction of sp³-hybridized carbons (Fsp3) is 0.0833. The molecular formula is C24H16BrNO3S. The first kappa shape index (κ1) is 20.3. The predicted molar refractivity (Wildman–Crippen MR) is 124 cm³/mol. The summed E-state index contributed by atoms with van der Waals surface area (Å²) in [5, 5.41) is 1.92. The number of halogens is 1. The zero-order chi connectivity index (χ0) is 21.1. The first-order valence-corrected chi connectivity index (χ1v) is 10.8. The van der Waals surface area contributed by atoms with E-state index in [1.807, 2.05) is 42.5 Å². The molecule has 148 valence electrons. The maximum absolute atomic E-state index is 12.5. The third-order valence-electron chi connectivity index (χ3n) is 4.64. The van der Waals surface area contributed by atoms with Crippen LogP contribution in [0.25, 0.3) is 16.8 Å². The molecule has 0 spiro atoms. The molecule has 1 fully saturated rings. The molecule has 1 aliphatic heterocycles. The van der Waals surface area contributed by atoms with Crippen molar-refractivity contribution >= 4 is 55.7 Å². The summed E-state index contributed by atoms with van der Waals surface area (Å²) in [5.74, 6) is 2.57. The van der Waals surface area contributed by atoms with E-state index < -0.39 is 0 Å². The second-order valence-corrected chi connectivity index (χ2v) is 8.49. The van der Waals surface area contributed by atoms with Crippen molar-refractivity contribution in [2.75, 3.05) is 6.54 Å². The van der Waals surface area contributed by atoms with E-state index in [0.29, 0.717) is 22.8 Å². The summed E-state index contributed by atoms with van der Waals surface area (Å²) in [4.78, 5) is 25.9. The van der Waals surface area contributed by atoms with Gasteiger partial charge in [0, 0.05) is 10.0 Å². The molecule has 3 aromatic carbocycles. The first-order valence-electron chi connectivity index (χ1n) is 9.14. The van der Waals surface area contributed by atoms with Crippen LogP contribution in [0.4, 0.5) is 4.79 Å². The lowest BCUT2D eigenvalue weighted by Gasteiger charge is -2.12. The maximum atomic E-state index is 12.5. The molecule has 4 rings (SSSR count). The number of carbonyl (C=O) groups is 2. The molecule has 0 N–H and O–H groups in total. The van der Waals surface area contributed by atoms with Gasteiger partial charge in [0.05, 0.1) is 11.4 Å². The van der Waals surface area contributed by atoms with Gasteiger partial charge in [0.15, 0.2) is 0 Å². The first-order chi connectivity index (χ1) is 14.6. The zero-order valence-corrected chi connectivity index (χ0v) is 18.2. The second-order valence-electron chi connectivity index (χ2n) is 6.58. The summed E-state index contributed by atoms with van der Waals surface area (Å²) in [7, 11) is 0. The predicted octanol–water partition coefficient (Wildman–Crippen LogP) is 5.85. The molecule has 1 aliphatic rings. The summed E-state index contributed by atoms with van der Waals surface area (Å²) in [6.07, 6.45) is 6.93. The Kier molecular flexibility index (Phi) is 5.93. The fourth-order valence-corrected chi connectivity index (χ4v) is 4.41. The highest BCUT2D eigenvalue weighted by Gasteiger charge is 2.34. The monoisotopic (exact) mass is 477 g/mol. The average Bonchev–Trinajstić information content (AvgIpc) is 3.01. The van der Waals surface area contributed by atoms with Gasteiger partial charge >= 0.3 is 0 Å². The molecule has 0 aliphatic carbocycles. The Morgan fingerprint density at radius 1 is 1.10 bits per heavy atom. The standard InChI is InChI=1S/C24H16BrNO3S/c1-2-12-26-23(27)22(30-24(26)28)14-18-13-19(25)10-11-21(18)29-15-17-8-5-7-16-6-3-4-9-20(16)17/h1,3-11,13-14H,12,15H2. The van der Waals surface area contributed by atoms with Gasteiger partial charge in [-0.3, -0.25) is 14.5 Å². The molecule has 0 atom stereocenters. The smallest absolute Gasteiger partial charge is 0.294 e. The van der Waals surface area contributed by atoms with Gasteiger partial charge in [0.1, 0.15) is 12.4 Å². The van der Waals surface area contributed by atoms with Crippen molar-refractivity contribution in [2.24, 2.45) is 0 Å². The molecule has 6 heteroatoms. The van der Waals surface area contributed by atoms with Crippen LogP contribution >= 0.6 is 27.7 Å². The minimum absolute atomic E-state index is 0.0368. The molecule has 0 radical (unpaired) electrons. The fourth-order valence-electron chi connectivity index (χ4n) is 3.21. The van der Waals surface area contributed by atoms with Crippen LogP contribution in [0.2, 0.25) is 0 Å². The van der Waals surface area contributed by atoms with Gasteiger partial charge in [-0.15, -0.1) is 6.42 Å². The topological polar surface area (TPSA) is 46.6 Å². The van der Waals surface area contributed by atoms with E-state index in [-0.39, 0.29) is 17.7 Å². The molecule has 2 amide bonds. The number of hydrogen-bond acceptors (Lipinski definition) is 4. The molecule has 30 heavy (non-hydrogen) atoms. The van der Waals surface area contributed by atoms with Crippen LogP contribution in [-0.2, 0) is 11.4 Å². The highest BCUT2D eigenvalue weighted by Crippen LogP contribution is 2.35. The average molecular weight is 478 g/mol. The Morgan fingerprint density at radius 2 is 1.90 bits per heavy atom. The van der Waals surface area contributed by atoms with Crippen LogP contribution in [-0.4, -0.2) is 22.6 Å². The number of rotatable bonds is 5. The number of amides is 2. The molecule has 0 unspecified atom stereocenters. The normalized spacial score (nSPS) is 15.1. The molecular weight excluding hydrogens is 462 g/mol. The van der Waals surface area contributed by atoms with E-state index in [1.54, 1.807) is 6.08 Å². The SMILES string of the molecule is C#CCN1C(=O)SC(=Cc2cc(Br)ccc2OCc2cccc3ccccc23)C1=O. The summed E-state index contributed by atoms with van der Waals surface area (Å²) < 4.78 is 6.96. The van der Waals surface area contributed by atoms with Crippen molar-refractivity contribution in [1.29, 1.82) is 0 Å². The number of imide groups is 1. The summed E-state index contributed by atoms with van der Waals surface area (Å²) in [6.45, 7) is 0.341. The van der Waals surface area contributed by atoms with Crippen LogP contribution in [0, 0.1) is 12.3 Å². The highest BCUT2D eigenvalue weighted by molar-refractivity contribution is 9.10. The van der Waals surface area contributed by atoms with E-state index in [0.717, 1.165) is 37.5 Å². The maximum Gasteiger partial charge on any atom is 0.294 e.